The molecule has 3 N–H and O–H groups in total. The van der Waals surface area contributed by atoms with Gasteiger partial charge in [0.2, 0.25) is 0 Å². The Bertz CT molecular complexity index is 728. The average molecular weight is 410 g/mol. The van der Waals surface area contributed by atoms with Crippen LogP contribution in [0.2, 0.25) is 0 Å². The number of alkyl halides is 2. The van der Waals surface area contributed by atoms with Gasteiger partial charge in [0.05, 0.1) is 31.8 Å². The molecule has 4 heterocycles. The zero-order chi connectivity index (χ0) is 20.4. The van der Waals surface area contributed by atoms with E-state index in [-0.39, 0.29) is 24.2 Å². The number of halogens is 2. The number of hydrogen-bond donors (Lipinski definition) is 3. The van der Waals surface area contributed by atoms with Crippen molar-refractivity contribution < 1.29 is 18.3 Å². The van der Waals surface area contributed by atoms with Crippen molar-refractivity contribution in [3.8, 4) is 0 Å². The Morgan fingerprint density at radius 1 is 1.14 bits per heavy atom. The standard InChI is InChI=1S/C19H28F2N6O2/c1-19(12-23-15(22)10-13(19)17(20)21)14-11-16(26-2-6-28-7-3-26)25-18(24-14)27-4-8-29-9-5-27/h10-11,17-18,24H,2-9,12H2,1H3,(H2,22,23). The molecular weight excluding hydrogens is 382 g/mol. The lowest BCUT2D eigenvalue weighted by atomic mass is 9.76. The summed E-state index contributed by atoms with van der Waals surface area (Å²) < 4.78 is 38.7. The van der Waals surface area contributed by atoms with E-state index in [1.165, 1.54) is 6.08 Å². The minimum Gasteiger partial charge on any atom is -0.379 e. The normalized spacial score (nSPS) is 31.6. The summed E-state index contributed by atoms with van der Waals surface area (Å²) in [4.78, 5) is 9.21. The first-order valence-corrected chi connectivity index (χ1v) is 10.0. The van der Waals surface area contributed by atoms with Crippen molar-refractivity contribution in [2.45, 2.75) is 19.6 Å². The molecule has 0 spiro atoms. The molecule has 8 nitrogen and oxygen atoms in total. The molecule has 0 saturated carbocycles. The van der Waals surface area contributed by atoms with Crippen molar-refractivity contribution in [1.29, 1.82) is 5.41 Å². The molecule has 2 atom stereocenters. The van der Waals surface area contributed by atoms with E-state index < -0.39 is 11.8 Å². The Hall–Kier alpha value is -2.04. The van der Waals surface area contributed by atoms with Crippen LogP contribution in [0.5, 0.6) is 0 Å². The van der Waals surface area contributed by atoms with E-state index in [9.17, 15) is 8.78 Å². The van der Waals surface area contributed by atoms with Gasteiger partial charge in [-0.15, -0.1) is 0 Å². The number of rotatable bonds is 3. The molecule has 0 aromatic carbocycles. The third kappa shape index (κ3) is 4.15. The van der Waals surface area contributed by atoms with Gasteiger partial charge in [-0.3, -0.25) is 10.3 Å². The summed E-state index contributed by atoms with van der Waals surface area (Å²) in [6, 6.07) is 0. The van der Waals surface area contributed by atoms with Gasteiger partial charge in [-0.1, -0.05) is 0 Å². The first kappa shape index (κ1) is 20.2. The van der Waals surface area contributed by atoms with Gasteiger partial charge in [-0.05, 0) is 13.0 Å². The monoisotopic (exact) mass is 410 g/mol. The third-order valence-electron chi connectivity index (χ3n) is 5.94. The largest absolute Gasteiger partial charge is 0.379 e. The van der Waals surface area contributed by atoms with Gasteiger partial charge in [0.1, 0.15) is 11.7 Å². The molecule has 4 rings (SSSR count). The molecule has 2 saturated heterocycles. The van der Waals surface area contributed by atoms with Crippen molar-refractivity contribution in [2.75, 3.05) is 59.2 Å². The SMILES string of the molecule is CC1(C2=CC(N3CCOCC3)=NC(N3CCOCC3)N2)CNC(=N)C=C1C(F)F. The second-order valence-electron chi connectivity index (χ2n) is 7.81. The van der Waals surface area contributed by atoms with E-state index in [4.69, 9.17) is 19.9 Å². The molecule has 0 amide bonds. The van der Waals surface area contributed by atoms with E-state index in [2.05, 4.69) is 20.4 Å². The maximum Gasteiger partial charge on any atom is 0.261 e. The van der Waals surface area contributed by atoms with Crippen LogP contribution in [0.1, 0.15) is 6.92 Å². The fourth-order valence-electron chi connectivity index (χ4n) is 4.08. The van der Waals surface area contributed by atoms with Crippen LogP contribution < -0.4 is 10.6 Å². The smallest absolute Gasteiger partial charge is 0.261 e. The second kappa shape index (κ2) is 8.37. The maximum atomic E-state index is 13.9. The van der Waals surface area contributed by atoms with Crippen molar-refractivity contribution in [2.24, 2.45) is 10.4 Å². The predicted molar refractivity (Wildman–Crippen MR) is 105 cm³/mol. The summed E-state index contributed by atoms with van der Waals surface area (Å²) in [7, 11) is 0. The molecule has 160 valence electrons. The minimum atomic E-state index is -2.64. The molecule has 0 radical (unpaired) electrons. The van der Waals surface area contributed by atoms with Crippen LogP contribution in [0, 0.1) is 10.8 Å². The zero-order valence-corrected chi connectivity index (χ0v) is 16.6. The molecule has 10 heteroatoms. The topological polar surface area (TPSA) is 85.2 Å². The highest BCUT2D eigenvalue weighted by atomic mass is 19.3. The summed E-state index contributed by atoms with van der Waals surface area (Å²) in [5.41, 5.74) is -0.322. The summed E-state index contributed by atoms with van der Waals surface area (Å²) in [6.07, 6.45) is 0.155. The van der Waals surface area contributed by atoms with E-state index in [0.717, 1.165) is 32.0 Å². The van der Waals surface area contributed by atoms with E-state index in [1.807, 2.05) is 6.08 Å². The predicted octanol–water partition coefficient (Wildman–Crippen LogP) is 0.598. The molecule has 2 fully saturated rings. The van der Waals surface area contributed by atoms with E-state index in [1.54, 1.807) is 6.92 Å². The number of hydrogen-bond acceptors (Lipinski definition) is 7. The highest BCUT2D eigenvalue weighted by Crippen LogP contribution is 2.40. The van der Waals surface area contributed by atoms with Gasteiger partial charge < -0.3 is 25.0 Å². The van der Waals surface area contributed by atoms with Crippen molar-refractivity contribution in [3.63, 3.8) is 0 Å². The zero-order valence-electron chi connectivity index (χ0n) is 16.6. The lowest BCUT2D eigenvalue weighted by molar-refractivity contribution is 0.0105. The number of amidine groups is 2. The number of ether oxygens (including phenoxy) is 2. The molecule has 2 unspecified atom stereocenters. The Labute approximate surface area is 169 Å². The fourth-order valence-corrected chi connectivity index (χ4v) is 4.08. The molecule has 0 aromatic heterocycles. The molecule has 4 aliphatic heterocycles. The lowest BCUT2D eigenvalue weighted by Gasteiger charge is -2.44. The molecule has 0 aliphatic carbocycles. The van der Waals surface area contributed by atoms with Crippen molar-refractivity contribution in [1.82, 2.24) is 20.4 Å². The first-order chi connectivity index (χ1) is 14.0. The molecule has 0 aromatic rings. The van der Waals surface area contributed by atoms with Gasteiger partial charge >= 0.3 is 0 Å². The number of aliphatic imine (C=N–C) groups is 1. The molecule has 4 aliphatic rings. The van der Waals surface area contributed by atoms with Crippen LogP contribution in [0.3, 0.4) is 0 Å². The third-order valence-corrected chi connectivity index (χ3v) is 5.94. The number of nitrogens with zero attached hydrogens (tertiary/aromatic N) is 3. The van der Waals surface area contributed by atoms with Gasteiger partial charge in [0.25, 0.3) is 6.43 Å². The van der Waals surface area contributed by atoms with Crippen LogP contribution in [0.4, 0.5) is 8.78 Å². The first-order valence-electron chi connectivity index (χ1n) is 10.0. The van der Waals surface area contributed by atoms with Crippen LogP contribution >= 0.6 is 0 Å². The van der Waals surface area contributed by atoms with Crippen LogP contribution in [-0.2, 0) is 9.47 Å². The summed E-state index contributed by atoms with van der Waals surface area (Å²) in [5.74, 6) is 0.801. The summed E-state index contributed by atoms with van der Waals surface area (Å²) in [5, 5.41) is 14.1. The Morgan fingerprint density at radius 3 is 2.45 bits per heavy atom. The Balaban J connectivity index is 1.68. The number of morpholine rings is 2. The highest BCUT2D eigenvalue weighted by molar-refractivity contribution is 5.95. The summed E-state index contributed by atoms with van der Waals surface area (Å²) in [6.45, 7) is 7.39. The van der Waals surface area contributed by atoms with Crippen LogP contribution in [-0.4, -0.2) is 93.3 Å². The van der Waals surface area contributed by atoms with Gasteiger partial charge in [0.15, 0.2) is 6.29 Å². The Kier molecular flexibility index (Phi) is 5.84. The molecule has 29 heavy (non-hydrogen) atoms. The molecule has 0 bridgehead atoms. The maximum absolute atomic E-state index is 13.9. The molecular formula is C19H28F2N6O2. The quantitative estimate of drug-likeness (QED) is 0.632. The van der Waals surface area contributed by atoms with Crippen molar-refractivity contribution in [3.05, 3.63) is 23.4 Å². The lowest BCUT2D eigenvalue weighted by Crippen LogP contribution is -2.56. The Morgan fingerprint density at radius 2 is 1.79 bits per heavy atom. The van der Waals surface area contributed by atoms with Gasteiger partial charge in [-0.2, -0.15) is 0 Å². The average Bonchev–Trinajstić information content (AvgIpc) is 2.76. The fraction of sp³-hybridized carbons (Fsp3) is 0.684. The van der Waals surface area contributed by atoms with Crippen LogP contribution in [0.25, 0.3) is 0 Å². The van der Waals surface area contributed by atoms with E-state index in [0.29, 0.717) is 32.1 Å². The number of nitrogens with one attached hydrogen (secondary N) is 3. The van der Waals surface area contributed by atoms with E-state index >= 15 is 0 Å². The van der Waals surface area contributed by atoms with Gasteiger partial charge in [0, 0.05) is 50.1 Å². The highest BCUT2D eigenvalue weighted by Gasteiger charge is 2.43. The van der Waals surface area contributed by atoms with Crippen LogP contribution in [0.15, 0.2) is 28.4 Å². The van der Waals surface area contributed by atoms with Crippen molar-refractivity contribution >= 4 is 11.7 Å². The summed E-state index contributed by atoms with van der Waals surface area (Å²) >= 11 is 0. The van der Waals surface area contributed by atoms with Gasteiger partial charge in [-0.25, -0.2) is 13.8 Å². The second-order valence-corrected chi connectivity index (χ2v) is 7.81. The minimum absolute atomic E-state index is 0.0148.